The van der Waals surface area contributed by atoms with Crippen molar-refractivity contribution in [2.75, 3.05) is 6.61 Å². The number of ether oxygens (including phenoxy) is 1. The topological polar surface area (TPSA) is 67.2 Å². The normalized spacial score (nSPS) is 11.1. The second-order valence-corrected chi connectivity index (χ2v) is 6.00. The van der Waals surface area contributed by atoms with Crippen LogP contribution in [-0.4, -0.2) is 18.4 Å². The lowest BCUT2D eigenvalue weighted by molar-refractivity contribution is -0.137. The quantitative estimate of drug-likeness (QED) is 0.337. The lowest BCUT2D eigenvalue weighted by Crippen LogP contribution is -2.15. The van der Waals surface area contributed by atoms with Crippen LogP contribution < -0.4 is 0 Å². The van der Waals surface area contributed by atoms with Crippen molar-refractivity contribution in [3.63, 3.8) is 0 Å². The van der Waals surface area contributed by atoms with Gasteiger partial charge in [-0.15, -0.1) is 0 Å². The van der Waals surface area contributed by atoms with Gasteiger partial charge in [-0.1, -0.05) is 38.1 Å². The van der Waals surface area contributed by atoms with Crippen molar-refractivity contribution >= 4 is 17.8 Å². The van der Waals surface area contributed by atoms with E-state index >= 15 is 0 Å². The Hall–Kier alpha value is -3.26. The number of halogens is 1. The Labute approximate surface area is 151 Å². The summed E-state index contributed by atoms with van der Waals surface area (Å²) in [4.78, 5) is 23.9. The van der Waals surface area contributed by atoms with E-state index in [-0.39, 0.29) is 11.1 Å². The molecule has 2 aromatic rings. The maximum atomic E-state index is 12.9. The number of benzene rings is 2. The summed E-state index contributed by atoms with van der Waals surface area (Å²) in [6.07, 6.45) is 1.41. The first-order valence-electron chi connectivity index (χ1n) is 8.08. The maximum Gasteiger partial charge on any atom is 0.349 e. The van der Waals surface area contributed by atoms with E-state index in [0.717, 1.165) is 17.7 Å². The van der Waals surface area contributed by atoms with Crippen molar-refractivity contribution in [1.29, 1.82) is 5.26 Å². The van der Waals surface area contributed by atoms with Gasteiger partial charge >= 0.3 is 5.97 Å². The van der Waals surface area contributed by atoms with E-state index in [1.165, 1.54) is 18.2 Å². The Morgan fingerprint density at radius 1 is 1.12 bits per heavy atom. The van der Waals surface area contributed by atoms with Gasteiger partial charge in [0.05, 0.1) is 0 Å². The minimum absolute atomic E-state index is 0.200. The highest BCUT2D eigenvalue weighted by Crippen LogP contribution is 2.16. The maximum absolute atomic E-state index is 12.9. The first kappa shape index (κ1) is 19.1. The van der Waals surface area contributed by atoms with Crippen LogP contribution in [0.5, 0.6) is 0 Å². The SMILES string of the molecule is CC(C)c1ccc(/C=C(\C#N)C(=O)OCC(=O)c2ccc(F)cc2)cc1. The van der Waals surface area contributed by atoms with Gasteiger partial charge < -0.3 is 4.74 Å². The summed E-state index contributed by atoms with van der Waals surface area (Å²) in [7, 11) is 0. The lowest BCUT2D eigenvalue weighted by Gasteiger charge is -2.06. The van der Waals surface area contributed by atoms with Gasteiger partial charge in [-0.05, 0) is 47.4 Å². The predicted octanol–water partition coefficient (Wildman–Crippen LogP) is 4.28. The number of nitrogens with zero attached hydrogens (tertiary/aromatic N) is 1. The molecule has 0 N–H and O–H groups in total. The van der Waals surface area contributed by atoms with E-state index in [2.05, 4.69) is 13.8 Å². The van der Waals surface area contributed by atoms with Gasteiger partial charge in [0.1, 0.15) is 17.5 Å². The summed E-state index contributed by atoms with van der Waals surface area (Å²) in [6, 6.07) is 14.2. The Balaban J connectivity index is 2.02. The summed E-state index contributed by atoms with van der Waals surface area (Å²) >= 11 is 0. The van der Waals surface area contributed by atoms with Crippen LogP contribution in [0.2, 0.25) is 0 Å². The van der Waals surface area contributed by atoms with E-state index in [0.29, 0.717) is 11.5 Å². The molecule has 2 rings (SSSR count). The highest BCUT2D eigenvalue weighted by atomic mass is 19.1. The van der Waals surface area contributed by atoms with E-state index in [1.54, 1.807) is 6.07 Å². The van der Waals surface area contributed by atoms with E-state index in [1.807, 2.05) is 24.3 Å². The average Bonchev–Trinajstić information content (AvgIpc) is 2.64. The lowest BCUT2D eigenvalue weighted by atomic mass is 10.0. The molecule has 0 aromatic heterocycles. The van der Waals surface area contributed by atoms with Crippen molar-refractivity contribution < 1.29 is 18.7 Å². The Bertz CT molecular complexity index is 860. The molecule has 0 aliphatic rings. The van der Waals surface area contributed by atoms with E-state index in [9.17, 15) is 14.0 Å². The van der Waals surface area contributed by atoms with E-state index < -0.39 is 24.2 Å². The number of rotatable bonds is 6. The minimum atomic E-state index is -0.879. The van der Waals surface area contributed by atoms with Crippen LogP contribution in [0, 0.1) is 17.1 Å². The summed E-state index contributed by atoms with van der Waals surface area (Å²) in [5.74, 6) is -1.43. The molecule has 5 heteroatoms. The predicted molar refractivity (Wildman–Crippen MR) is 95.8 cm³/mol. The average molecular weight is 351 g/mol. The van der Waals surface area contributed by atoms with Crippen LogP contribution in [0.1, 0.15) is 41.3 Å². The fourth-order valence-electron chi connectivity index (χ4n) is 2.21. The standard InChI is InChI=1S/C21H18FNO3/c1-14(2)16-5-3-15(4-6-16)11-18(12-23)21(25)26-13-20(24)17-7-9-19(22)10-8-17/h3-11,14H,13H2,1-2H3/b18-11+. The number of Topliss-reactive ketones (excluding diaryl/α,β-unsaturated/α-hetero) is 1. The molecule has 0 atom stereocenters. The Kier molecular flexibility index (Phi) is 6.40. The zero-order valence-electron chi connectivity index (χ0n) is 14.5. The highest BCUT2D eigenvalue weighted by Gasteiger charge is 2.14. The first-order valence-corrected chi connectivity index (χ1v) is 8.08. The monoisotopic (exact) mass is 351 g/mol. The number of esters is 1. The van der Waals surface area contributed by atoms with Crippen molar-refractivity contribution in [3.05, 3.63) is 76.6 Å². The largest absolute Gasteiger partial charge is 0.453 e. The van der Waals surface area contributed by atoms with Crippen molar-refractivity contribution in [2.24, 2.45) is 0 Å². The molecule has 0 fully saturated rings. The summed E-state index contributed by atoms with van der Waals surface area (Å²) in [5.41, 5.74) is 1.86. The molecule has 26 heavy (non-hydrogen) atoms. The van der Waals surface area contributed by atoms with Gasteiger partial charge in [0.2, 0.25) is 0 Å². The first-order chi connectivity index (χ1) is 12.4. The zero-order valence-corrected chi connectivity index (χ0v) is 14.5. The smallest absolute Gasteiger partial charge is 0.349 e. The van der Waals surface area contributed by atoms with Gasteiger partial charge in [0.25, 0.3) is 0 Å². The summed E-state index contributed by atoms with van der Waals surface area (Å²) < 4.78 is 17.8. The third kappa shape index (κ3) is 5.12. The molecule has 0 radical (unpaired) electrons. The molecule has 0 heterocycles. The molecular weight excluding hydrogens is 333 g/mol. The van der Waals surface area contributed by atoms with Gasteiger partial charge in [0.15, 0.2) is 12.4 Å². The summed E-state index contributed by atoms with van der Waals surface area (Å²) in [6.45, 7) is 3.62. The second-order valence-electron chi connectivity index (χ2n) is 6.00. The molecule has 0 unspecified atom stereocenters. The van der Waals surface area contributed by atoms with Crippen LogP contribution in [0.3, 0.4) is 0 Å². The van der Waals surface area contributed by atoms with Crippen molar-refractivity contribution in [1.82, 2.24) is 0 Å². The number of carbonyl (C=O) groups excluding carboxylic acids is 2. The van der Waals surface area contributed by atoms with Crippen LogP contribution in [0.25, 0.3) is 6.08 Å². The molecular formula is C21H18FNO3. The molecule has 2 aromatic carbocycles. The molecule has 0 amide bonds. The van der Waals surface area contributed by atoms with Gasteiger partial charge in [-0.2, -0.15) is 5.26 Å². The molecule has 0 saturated heterocycles. The molecule has 132 valence electrons. The van der Waals surface area contributed by atoms with Gasteiger partial charge in [-0.25, -0.2) is 9.18 Å². The van der Waals surface area contributed by atoms with Crippen molar-refractivity contribution in [2.45, 2.75) is 19.8 Å². The number of hydrogen-bond donors (Lipinski definition) is 0. The molecule has 0 spiro atoms. The molecule has 0 saturated carbocycles. The van der Waals surface area contributed by atoms with Crippen LogP contribution in [0.15, 0.2) is 54.1 Å². The zero-order chi connectivity index (χ0) is 19.1. The molecule has 0 aliphatic carbocycles. The number of carbonyl (C=O) groups is 2. The molecule has 0 aliphatic heterocycles. The Morgan fingerprint density at radius 2 is 1.73 bits per heavy atom. The third-order valence-corrected chi connectivity index (χ3v) is 3.76. The molecule has 0 bridgehead atoms. The Morgan fingerprint density at radius 3 is 2.27 bits per heavy atom. The second kappa shape index (κ2) is 8.72. The van der Waals surface area contributed by atoms with Gasteiger partial charge in [-0.3, -0.25) is 4.79 Å². The highest BCUT2D eigenvalue weighted by molar-refractivity contribution is 6.01. The van der Waals surface area contributed by atoms with E-state index in [4.69, 9.17) is 10.00 Å². The number of hydrogen-bond acceptors (Lipinski definition) is 4. The number of ketones is 1. The number of nitriles is 1. The van der Waals surface area contributed by atoms with Crippen LogP contribution in [-0.2, 0) is 9.53 Å². The fraction of sp³-hybridized carbons (Fsp3) is 0.190. The van der Waals surface area contributed by atoms with Gasteiger partial charge in [0, 0.05) is 5.56 Å². The van der Waals surface area contributed by atoms with Crippen LogP contribution >= 0.6 is 0 Å². The summed E-state index contributed by atoms with van der Waals surface area (Å²) in [5, 5.41) is 9.17. The third-order valence-electron chi connectivity index (χ3n) is 3.76. The van der Waals surface area contributed by atoms with Crippen molar-refractivity contribution in [3.8, 4) is 6.07 Å². The molecule has 4 nitrogen and oxygen atoms in total. The fourth-order valence-corrected chi connectivity index (χ4v) is 2.21. The minimum Gasteiger partial charge on any atom is -0.453 e. The van der Waals surface area contributed by atoms with Crippen LogP contribution in [0.4, 0.5) is 4.39 Å².